The summed E-state index contributed by atoms with van der Waals surface area (Å²) in [7, 11) is 0. The molecule has 6 nitrogen and oxygen atoms in total. The summed E-state index contributed by atoms with van der Waals surface area (Å²) < 4.78 is 10.1. The van der Waals surface area contributed by atoms with E-state index in [1.54, 1.807) is 25.1 Å². The zero-order valence-corrected chi connectivity index (χ0v) is 11.3. The first-order valence-corrected chi connectivity index (χ1v) is 6.00. The first-order valence-electron chi connectivity index (χ1n) is 5.59. The summed E-state index contributed by atoms with van der Waals surface area (Å²) >= 11 is 4.62. The molecule has 0 heterocycles. The molecule has 0 aliphatic heterocycles. The van der Waals surface area contributed by atoms with Crippen LogP contribution in [0.25, 0.3) is 0 Å². The lowest BCUT2D eigenvalue weighted by Gasteiger charge is -2.08. The molecule has 0 atom stereocenters. The number of esters is 1. The summed E-state index contributed by atoms with van der Waals surface area (Å²) in [6.07, 6.45) is 1.50. The van der Waals surface area contributed by atoms with E-state index in [2.05, 4.69) is 22.7 Å². The average molecular weight is 281 g/mol. The SMILES string of the molecule is CCOC(=O)COc1ccccc1/C=N\NC(N)=S. The minimum atomic E-state index is -0.421. The Hall–Kier alpha value is -2.15. The molecule has 0 aromatic heterocycles. The Labute approximate surface area is 116 Å². The van der Waals surface area contributed by atoms with Gasteiger partial charge < -0.3 is 15.2 Å². The van der Waals surface area contributed by atoms with E-state index in [9.17, 15) is 4.79 Å². The van der Waals surface area contributed by atoms with E-state index in [1.807, 2.05) is 6.07 Å². The van der Waals surface area contributed by atoms with Gasteiger partial charge in [0.1, 0.15) is 5.75 Å². The largest absolute Gasteiger partial charge is 0.481 e. The zero-order valence-electron chi connectivity index (χ0n) is 10.5. The van der Waals surface area contributed by atoms with Gasteiger partial charge in [-0.05, 0) is 31.3 Å². The fourth-order valence-electron chi connectivity index (χ4n) is 1.22. The predicted octanol–water partition coefficient (Wildman–Crippen LogP) is 0.796. The van der Waals surface area contributed by atoms with Crippen molar-refractivity contribution in [3.63, 3.8) is 0 Å². The predicted molar refractivity (Wildman–Crippen MR) is 76.1 cm³/mol. The second kappa shape index (κ2) is 8.04. The Morgan fingerprint density at radius 3 is 2.95 bits per heavy atom. The van der Waals surface area contributed by atoms with Gasteiger partial charge in [0.05, 0.1) is 12.8 Å². The Morgan fingerprint density at radius 1 is 1.53 bits per heavy atom. The molecule has 0 bridgehead atoms. The van der Waals surface area contributed by atoms with Gasteiger partial charge in [0.25, 0.3) is 0 Å². The molecule has 19 heavy (non-hydrogen) atoms. The van der Waals surface area contributed by atoms with Crippen molar-refractivity contribution in [1.29, 1.82) is 0 Å². The number of hydrazone groups is 1. The van der Waals surface area contributed by atoms with Gasteiger partial charge in [-0.25, -0.2) is 4.79 Å². The van der Waals surface area contributed by atoms with Gasteiger partial charge in [0.2, 0.25) is 0 Å². The molecule has 3 N–H and O–H groups in total. The van der Waals surface area contributed by atoms with Crippen LogP contribution in [0.3, 0.4) is 0 Å². The molecular formula is C12H15N3O3S. The second-order valence-corrected chi connectivity index (χ2v) is 3.81. The van der Waals surface area contributed by atoms with Crippen LogP contribution in [0.15, 0.2) is 29.4 Å². The minimum Gasteiger partial charge on any atom is -0.481 e. The Kier molecular flexibility index (Phi) is 6.31. The maximum Gasteiger partial charge on any atom is 0.344 e. The molecule has 0 aliphatic rings. The van der Waals surface area contributed by atoms with Crippen molar-refractivity contribution >= 4 is 29.5 Å². The number of nitrogens with one attached hydrogen (secondary N) is 1. The van der Waals surface area contributed by atoms with Crippen molar-refractivity contribution < 1.29 is 14.3 Å². The van der Waals surface area contributed by atoms with E-state index in [4.69, 9.17) is 15.2 Å². The van der Waals surface area contributed by atoms with Crippen LogP contribution >= 0.6 is 12.2 Å². The summed E-state index contributed by atoms with van der Waals surface area (Å²) in [6, 6.07) is 7.12. The van der Waals surface area contributed by atoms with Crippen LogP contribution in [-0.4, -0.2) is 30.5 Å². The monoisotopic (exact) mass is 281 g/mol. The van der Waals surface area contributed by atoms with Gasteiger partial charge in [-0.1, -0.05) is 12.1 Å². The summed E-state index contributed by atoms with van der Waals surface area (Å²) in [5.74, 6) is 0.0968. The molecule has 0 amide bonds. The fraction of sp³-hybridized carbons (Fsp3) is 0.250. The van der Waals surface area contributed by atoms with E-state index in [-0.39, 0.29) is 11.7 Å². The highest BCUT2D eigenvalue weighted by atomic mass is 32.1. The van der Waals surface area contributed by atoms with E-state index in [0.29, 0.717) is 17.9 Å². The Morgan fingerprint density at radius 2 is 2.26 bits per heavy atom. The third-order valence-electron chi connectivity index (χ3n) is 1.95. The van der Waals surface area contributed by atoms with Crippen LogP contribution in [0.5, 0.6) is 5.75 Å². The van der Waals surface area contributed by atoms with Gasteiger partial charge >= 0.3 is 5.97 Å². The van der Waals surface area contributed by atoms with E-state index in [1.165, 1.54) is 6.21 Å². The highest BCUT2D eigenvalue weighted by molar-refractivity contribution is 7.80. The molecule has 0 fully saturated rings. The number of hydrogen-bond acceptors (Lipinski definition) is 5. The lowest BCUT2D eigenvalue weighted by Crippen LogP contribution is -2.24. The van der Waals surface area contributed by atoms with Crippen molar-refractivity contribution in [2.45, 2.75) is 6.92 Å². The summed E-state index contributed by atoms with van der Waals surface area (Å²) in [6.45, 7) is 1.91. The molecule has 1 aromatic carbocycles. The number of para-hydroxylation sites is 1. The molecule has 0 saturated carbocycles. The molecule has 0 spiro atoms. The zero-order chi connectivity index (χ0) is 14.1. The van der Waals surface area contributed by atoms with Gasteiger partial charge in [-0.2, -0.15) is 5.10 Å². The topological polar surface area (TPSA) is 85.9 Å². The van der Waals surface area contributed by atoms with Gasteiger partial charge in [-0.15, -0.1) is 0 Å². The van der Waals surface area contributed by atoms with Crippen molar-refractivity contribution in [2.24, 2.45) is 10.8 Å². The number of ether oxygens (including phenoxy) is 2. The summed E-state index contributed by atoms with van der Waals surface area (Å²) in [5.41, 5.74) is 8.37. The molecule has 0 radical (unpaired) electrons. The standard InChI is InChI=1S/C12H15N3O3S/c1-2-17-11(16)8-18-10-6-4-3-5-9(10)7-14-15-12(13)19/h3-7H,2,8H2,1H3,(H3,13,15,19)/b14-7-. The van der Waals surface area contributed by atoms with Crippen molar-refractivity contribution in [1.82, 2.24) is 5.43 Å². The molecule has 0 aliphatic carbocycles. The van der Waals surface area contributed by atoms with Crippen molar-refractivity contribution in [3.05, 3.63) is 29.8 Å². The lowest BCUT2D eigenvalue weighted by atomic mass is 10.2. The maximum atomic E-state index is 11.2. The first kappa shape index (κ1) is 14.9. The second-order valence-electron chi connectivity index (χ2n) is 3.37. The van der Waals surface area contributed by atoms with Crippen LogP contribution in [-0.2, 0) is 9.53 Å². The van der Waals surface area contributed by atoms with Crippen LogP contribution in [0, 0.1) is 0 Å². The third-order valence-corrected chi connectivity index (χ3v) is 2.04. The van der Waals surface area contributed by atoms with Crippen LogP contribution in [0.2, 0.25) is 0 Å². The summed E-state index contributed by atoms with van der Waals surface area (Å²) in [4.78, 5) is 11.2. The summed E-state index contributed by atoms with van der Waals surface area (Å²) in [5, 5.41) is 3.90. The molecule has 102 valence electrons. The van der Waals surface area contributed by atoms with E-state index in [0.717, 1.165) is 0 Å². The number of rotatable bonds is 6. The van der Waals surface area contributed by atoms with Crippen LogP contribution in [0.4, 0.5) is 0 Å². The van der Waals surface area contributed by atoms with Gasteiger partial charge in [-0.3, -0.25) is 5.43 Å². The van der Waals surface area contributed by atoms with Crippen molar-refractivity contribution in [2.75, 3.05) is 13.2 Å². The molecule has 1 rings (SSSR count). The number of benzene rings is 1. The van der Waals surface area contributed by atoms with Crippen LogP contribution in [0.1, 0.15) is 12.5 Å². The molecule has 0 saturated heterocycles. The maximum absolute atomic E-state index is 11.2. The quantitative estimate of drug-likeness (QED) is 0.347. The number of carbonyl (C=O) groups is 1. The number of nitrogens with zero attached hydrogens (tertiary/aromatic N) is 1. The molecule has 0 unspecified atom stereocenters. The Balaban J connectivity index is 2.65. The number of carbonyl (C=O) groups excluding carboxylic acids is 1. The van der Waals surface area contributed by atoms with Crippen LogP contribution < -0.4 is 15.9 Å². The number of nitrogens with two attached hydrogens (primary N) is 1. The van der Waals surface area contributed by atoms with E-state index < -0.39 is 5.97 Å². The van der Waals surface area contributed by atoms with E-state index >= 15 is 0 Å². The Bertz CT molecular complexity index is 477. The number of thiocarbonyl (C=S) groups is 1. The molecular weight excluding hydrogens is 266 g/mol. The van der Waals surface area contributed by atoms with Gasteiger partial charge in [0.15, 0.2) is 11.7 Å². The molecule has 1 aromatic rings. The number of hydrogen-bond donors (Lipinski definition) is 2. The molecule has 7 heteroatoms. The van der Waals surface area contributed by atoms with Gasteiger partial charge in [0, 0.05) is 5.56 Å². The highest BCUT2D eigenvalue weighted by Crippen LogP contribution is 2.15. The lowest BCUT2D eigenvalue weighted by molar-refractivity contribution is -0.145. The smallest absolute Gasteiger partial charge is 0.344 e. The highest BCUT2D eigenvalue weighted by Gasteiger charge is 2.05. The first-order chi connectivity index (χ1) is 9.13. The fourth-order valence-corrected chi connectivity index (χ4v) is 1.28. The minimum absolute atomic E-state index is 0.0705. The normalized spacial score (nSPS) is 10.2. The average Bonchev–Trinajstić information content (AvgIpc) is 2.37. The third kappa shape index (κ3) is 5.82. The van der Waals surface area contributed by atoms with Crippen molar-refractivity contribution in [3.8, 4) is 5.75 Å².